The zero-order chi connectivity index (χ0) is 13.3. The predicted molar refractivity (Wildman–Crippen MR) is 69.3 cm³/mol. The van der Waals surface area contributed by atoms with Crippen LogP contribution in [0.25, 0.3) is 0 Å². The molecule has 0 aromatic heterocycles. The Balaban J connectivity index is 4.75. The van der Waals surface area contributed by atoms with Gasteiger partial charge in [0.2, 0.25) is 0 Å². The quantitative estimate of drug-likeness (QED) is 0.642. The van der Waals surface area contributed by atoms with Crippen molar-refractivity contribution in [2.24, 2.45) is 0 Å². The lowest BCUT2D eigenvalue weighted by molar-refractivity contribution is -0.145. The number of nitrogens with zero attached hydrogens (tertiary/aromatic N) is 1. The van der Waals surface area contributed by atoms with Gasteiger partial charge in [0.05, 0.1) is 6.61 Å². The van der Waals surface area contributed by atoms with Crippen LogP contribution < -0.4 is 0 Å². The van der Waals surface area contributed by atoms with E-state index in [1.807, 2.05) is 6.92 Å². The summed E-state index contributed by atoms with van der Waals surface area (Å²) in [6.07, 6.45) is 3.55. The number of carboxylic acid groups (broad SMARTS) is 1. The maximum atomic E-state index is 11.3. The Kier molecular flexibility index (Phi) is 9.09. The van der Waals surface area contributed by atoms with Crippen LogP contribution in [-0.4, -0.2) is 48.3 Å². The molecule has 0 fully saturated rings. The zero-order valence-electron chi connectivity index (χ0n) is 11.6. The Morgan fingerprint density at radius 1 is 1.29 bits per heavy atom. The van der Waals surface area contributed by atoms with E-state index in [1.165, 1.54) is 0 Å². The molecule has 0 bridgehead atoms. The average Bonchev–Trinajstić information content (AvgIpc) is 2.32. The first-order valence-corrected chi connectivity index (χ1v) is 6.59. The summed E-state index contributed by atoms with van der Waals surface area (Å²) < 4.78 is 5.08. The van der Waals surface area contributed by atoms with Gasteiger partial charge in [0, 0.05) is 19.7 Å². The molecule has 1 atom stereocenters. The number of aliphatic carboxylic acids is 1. The van der Waals surface area contributed by atoms with Crippen LogP contribution in [0.3, 0.4) is 0 Å². The van der Waals surface area contributed by atoms with Gasteiger partial charge in [-0.15, -0.1) is 0 Å². The van der Waals surface area contributed by atoms with Crippen LogP contribution in [0, 0.1) is 0 Å². The molecule has 0 aromatic rings. The number of hydrogen-bond acceptors (Lipinski definition) is 3. The molecule has 102 valence electrons. The maximum Gasteiger partial charge on any atom is 0.320 e. The Bertz CT molecular complexity index is 205. The molecule has 4 heteroatoms. The highest BCUT2D eigenvalue weighted by molar-refractivity contribution is 5.73. The van der Waals surface area contributed by atoms with Gasteiger partial charge in [-0.2, -0.15) is 0 Å². The molecule has 0 rings (SSSR count). The van der Waals surface area contributed by atoms with Crippen molar-refractivity contribution in [1.29, 1.82) is 0 Å². The Labute approximate surface area is 105 Å². The Morgan fingerprint density at radius 2 is 1.88 bits per heavy atom. The molecule has 0 saturated carbocycles. The third-order valence-corrected chi connectivity index (χ3v) is 3.21. The SMILES string of the molecule is CCCC(C(=O)O)N(CCOC)C(CC)CC. The summed E-state index contributed by atoms with van der Waals surface area (Å²) in [5, 5.41) is 9.33. The molecular weight excluding hydrogens is 218 g/mol. The summed E-state index contributed by atoms with van der Waals surface area (Å²) in [6, 6.07) is -0.0437. The summed E-state index contributed by atoms with van der Waals surface area (Å²) in [7, 11) is 1.65. The van der Waals surface area contributed by atoms with Crippen molar-refractivity contribution < 1.29 is 14.6 Å². The van der Waals surface area contributed by atoms with Crippen LogP contribution in [0.4, 0.5) is 0 Å². The molecule has 1 N–H and O–H groups in total. The molecule has 0 aromatic carbocycles. The summed E-state index contributed by atoms with van der Waals surface area (Å²) in [4.78, 5) is 13.4. The van der Waals surface area contributed by atoms with Crippen molar-refractivity contribution in [1.82, 2.24) is 4.90 Å². The van der Waals surface area contributed by atoms with Crippen LogP contribution in [-0.2, 0) is 9.53 Å². The smallest absolute Gasteiger partial charge is 0.320 e. The second-order valence-electron chi connectivity index (χ2n) is 4.34. The molecular formula is C13H27NO3. The van der Waals surface area contributed by atoms with Crippen LogP contribution >= 0.6 is 0 Å². The third-order valence-electron chi connectivity index (χ3n) is 3.21. The molecule has 0 saturated heterocycles. The van der Waals surface area contributed by atoms with Crippen molar-refractivity contribution in [2.75, 3.05) is 20.3 Å². The minimum absolute atomic E-state index is 0.331. The summed E-state index contributed by atoms with van der Waals surface area (Å²) >= 11 is 0. The molecule has 17 heavy (non-hydrogen) atoms. The fourth-order valence-corrected chi connectivity index (χ4v) is 2.25. The van der Waals surface area contributed by atoms with Crippen molar-refractivity contribution in [3.63, 3.8) is 0 Å². The first kappa shape index (κ1) is 16.4. The summed E-state index contributed by atoms with van der Waals surface area (Å²) in [5.74, 6) is -0.713. The topological polar surface area (TPSA) is 49.8 Å². The van der Waals surface area contributed by atoms with Crippen molar-refractivity contribution in [3.8, 4) is 0 Å². The van der Waals surface area contributed by atoms with Gasteiger partial charge in [-0.3, -0.25) is 9.69 Å². The summed E-state index contributed by atoms with van der Waals surface area (Å²) in [6.45, 7) is 7.53. The van der Waals surface area contributed by atoms with Crippen LogP contribution in [0.1, 0.15) is 46.5 Å². The van der Waals surface area contributed by atoms with E-state index in [2.05, 4.69) is 18.7 Å². The predicted octanol–water partition coefficient (Wildman–Crippen LogP) is 2.38. The van der Waals surface area contributed by atoms with Crippen molar-refractivity contribution in [3.05, 3.63) is 0 Å². The number of methoxy groups -OCH3 is 1. The first-order valence-electron chi connectivity index (χ1n) is 6.59. The standard InChI is InChI=1S/C13H27NO3/c1-5-8-12(13(15)16)14(9-10-17-4)11(6-2)7-3/h11-12H,5-10H2,1-4H3,(H,15,16). The lowest BCUT2D eigenvalue weighted by atomic mass is 10.0. The highest BCUT2D eigenvalue weighted by Gasteiger charge is 2.28. The number of rotatable bonds is 10. The third kappa shape index (κ3) is 5.50. The fourth-order valence-electron chi connectivity index (χ4n) is 2.25. The second-order valence-corrected chi connectivity index (χ2v) is 4.34. The second kappa shape index (κ2) is 9.42. The fraction of sp³-hybridized carbons (Fsp3) is 0.923. The largest absolute Gasteiger partial charge is 0.480 e. The maximum absolute atomic E-state index is 11.3. The molecule has 0 aliphatic heterocycles. The van der Waals surface area contributed by atoms with E-state index in [-0.39, 0.29) is 6.04 Å². The first-order chi connectivity index (χ1) is 8.12. The number of carboxylic acids is 1. The minimum atomic E-state index is -0.713. The number of hydrogen-bond donors (Lipinski definition) is 1. The monoisotopic (exact) mass is 245 g/mol. The lowest BCUT2D eigenvalue weighted by Crippen LogP contribution is -2.48. The summed E-state index contributed by atoms with van der Waals surface area (Å²) in [5.41, 5.74) is 0. The molecule has 0 aliphatic carbocycles. The zero-order valence-corrected chi connectivity index (χ0v) is 11.6. The lowest BCUT2D eigenvalue weighted by Gasteiger charge is -2.35. The van der Waals surface area contributed by atoms with E-state index < -0.39 is 5.97 Å². The number of ether oxygens (including phenoxy) is 1. The average molecular weight is 245 g/mol. The Morgan fingerprint density at radius 3 is 2.24 bits per heavy atom. The molecule has 0 amide bonds. The van der Waals surface area contributed by atoms with Gasteiger partial charge in [-0.05, 0) is 19.3 Å². The van der Waals surface area contributed by atoms with Crippen molar-refractivity contribution in [2.45, 2.75) is 58.5 Å². The van der Waals surface area contributed by atoms with Crippen LogP contribution in [0.15, 0.2) is 0 Å². The molecule has 1 unspecified atom stereocenters. The minimum Gasteiger partial charge on any atom is -0.480 e. The van der Waals surface area contributed by atoms with Gasteiger partial charge in [0.15, 0.2) is 0 Å². The molecule has 0 aliphatic rings. The van der Waals surface area contributed by atoms with Gasteiger partial charge >= 0.3 is 5.97 Å². The van der Waals surface area contributed by atoms with Crippen molar-refractivity contribution >= 4 is 5.97 Å². The van der Waals surface area contributed by atoms with Gasteiger partial charge in [0.1, 0.15) is 6.04 Å². The van der Waals surface area contributed by atoms with Gasteiger partial charge in [-0.25, -0.2) is 0 Å². The van der Waals surface area contributed by atoms with E-state index in [0.717, 1.165) is 19.3 Å². The van der Waals surface area contributed by atoms with E-state index in [1.54, 1.807) is 7.11 Å². The highest BCUT2D eigenvalue weighted by Crippen LogP contribution is 2.16. The molecule has 4 nitrogen and oxygen atoms in total. The van der Waals surface area contributed by atoms with Gasteiger partial charge in [0.25, 0.3) is 0 Å². The van der Waals surface area contributed by atoms with E-state index >= 15 is 0 Å². The van der Waals surface area contributed by atoms with Gasteiger partial charge < -0.3 is 9.84 Å². The molecule has 0 heterocycles. The van der Waals surface area contributed by atoms with E-state index in [4.69, 9.17) is 4.74 Å². The molecule has 0 spiro atoms. The van der Waals surface area contributed by atoms with Crippen LogP contribution in [0.2, 0.25) is 0 Å². The van der Waals surface area contributed by atoms with Crippen LogP contribution in [0.5, 0.6) is 0 Å². The molecule has 0 radical (unpaired) electrons. The Hall–Kier alpha value is -0.610. The normalized spacial score (nSPS) is 13.3. The van der Waals surface area contributed by atoms with Gasteiger partial charge in [-0.1, -0.05) is 27.2 Å². The van der Waals surface area contributed by atoms with E-state index in [0.29, 0.717) is 25.6 Å². The van der Waals surface area contributed by atoms with E-state index in [9.17, 15) is 9.90 Å². The number of carbonyl (C=O) groups is 1. The highest BCUT2D eigenvalue weighted by atomic mass is 16.5.